The normalized spacial score (nSPS) is 11.7. The Balaban J connectivity index is 0.00000484. The van der Waals surface area contributed by atoms with Gasteiger partial charge in [-0.15, -0.1) is 24.0 Å². The summed E-state index contributed by atoms with van der Waals surface area (Å²) in [5.41, 5.74) is 1.54. The number of nitrogens with zero attached hydrogens (tertiary/aromatic N) is 1. The summed E-state index contributed by atoms with van der Waals surface area (Å²) in [7, 11) is 0. The molecule has 0 saturated carbocycles. The third-order valence-corrected chi connectivity index (χ3v) is 3.15. The van der Waals surface area contributed by atoms with Crippen molar-refractivity contribution in [2.45, 2.75) is 46.1 Å². The van der Waals surface area contributed by atoms with Crippen molar-refractivity contribution >= 4 is 29.9 Å². The number of hydrogen-bond donors (Lipinski definition) is 3. The first kappa shape index (κ1) is 22.2. The summed E-state index contributed by atoms with van der Waals surface area (Å²) < 4.78 is 0. The van der Waals surface area contributed by atoms with Gasteiger partial charge in [-0.05, 0) is 46.1 Å². The second-order valence-electron chi connectivity index (χ2n) is 6.45. The Morgan fingerprint density at radius 3 is 2.35 bits per heavy atom. The number of hydrogen-bond acceptors (Lipinski definition) is 2. The molecule has 1 rings (SSSR count). The molecule has 0 aliphatic carbocycles. The van der Waals surface area contributed by atoms with E-state index < -0.39 is 0 Å². The average Bonchev–Trinajstić information content (AvgIpc) is 2.48. The van der Waals surface area contributed by atoms with Crippen molar-refractivity contribution in [1.29, 1.82) is 0 Å². The lowest BCUT2D eigenvalue weighted by atomic mass is 10.1. The van der Waals surface area contributed by atoms with Crippen LogP contribution in [0.5, 0.6) is 0 Å². The Bertz CT molecular complexity index is 426. The molecule has 0 aromatic heterocycles. The highest BCUT2D eigenvalue weighted by atomic mass is 127. The average molecular weight is 432 g/mol. The molecule has 4 nitrogen and oxygen atoms in total. The quantitative estimate of drug-likeness (QED) is 0.256. The van der Waals surface area contributed by atoms with Crippen LogP contribution in [0.2, 0.25) is 0 Å². The number of aryl methyl sites for hydroxylation is 1. The molecule has 0 bridgehead atoms. The van der Waals surface area contributed by atoms with E-state index in [2.05, 4.69) is 79.0 Å². The minimum absolute atomic E-state index is 0. The molecule has 1 aromatic rings. The maximum atomic E-state index is 4.63. The van der Waals surface area contributed by atoms with Crippen molar-refractivity contribution in [2.75, 3.05) is 26.2 Å². The van der Waals surface area contributed by atoms with Crippen molar-refractivity contribution < 1.29 is 0 Å². The number of aliphatic imine (C=N–C) groups is 1. The Labute approximate surface area is 158 Å². The van der Waals surface area contributed by atoms with Gasteiger partial charge >= 0.3 is 0 Å². The van der Waals surface area contributed by atoms with Gasteiger partial charge in [-0.3, -0.25) is 4.99 Å². The van der Waals surface area contributed by atoms with E-state index in [1.807, 2.05) is 0 Å². The van der Waals surface area contributed by atoms with Crippen LogP contribution in [0.25, 0.3) is 0 Å². The van der Waals surface area contributed by atoms with Gasteiger partial charge in [0.2, 0.25) is 0 Å². The summed E-state index contributed by atoms with van der Waals surface area (Å²) in [6, 6.07) is 10.6. The lowest BCUT2D eigenvalue weighted by Gasteiger charge is -2.21. The molecule has 3 N–H and O–H groups in total. The van der Waals surface area contributed by atoms with E-state index in [0.29, 0.717) is 0 Å². The topological polar surface area (TPSA) is 48.5 Å². The second-order valence-corrected chi connectivity index (χ2v) is 6.45. The van der Waals surface area contributed by atoms with Crippen LogP contribution in [0.15, 0.2) is 35.3 Å². The largest absolute Gasteiger partial charge is 0.357 e. The number of guanidine groups is 1. The third-order valence-electron chi connectivity index (χ3n) is 3.15. The van der Waals surface area contributed by atoms with Crippen molar-refractivity contribution in [2.24, 2.45) is 4.99 Å². The summed E-state index contributed by atoms with van der Waals surface area (Å²) in [4.78, 5) is 4.63. The minimum Gasteiger partial charge on any atom is -0.357 e. The first-order chi connectivity index (χ1) is 10.5. The summed E-state index contributed by atoms with van der Waals surface area (Å²) >= 11 is 0. The molecular weight excluding hydrogens is 399 g/mol. The maximum Gasteiger partial charge on any atom is 0.191 e. The van der Waals surface area contributed by atoms with E-state index >= 15 is 0 Å². The first-order valence-corrected chi connectivity index (χ1v) is 8.32. The van der Waals surface area contributed by atoms with Gasteiger partial charge in [0.05, 0.1) is 0 Å². The van der Waals surface area contributed by atoms with Crippen molar-refractivity contribution in [1.82, 2.24) is 16.0 Å². The SMILES string of the molecule is CCNC(=NCCCc1ccccc1)NCCNC(C)(C)C.I. The summed E-state index contributed by atoms with van der Waals surface area (Å²) in [5.74, 6) is 0.909. The van der Waals surface area contributed by atoms with E-state index in [1.165, 1.54) is 5.56 Å². The van der Waals surface area contributed by atoms with Gasteiger partial charge in [0, 0.05) is 31.7 Å². The number of halogens is 1. The van der Waals surface area contributed by atoms with E-state index in [0.717, 1.165) is 45.0 Å². The van der Waals surface area contributed by atoms with Crippen LogP contribution >= 0.6 is 24.0 Å². The monoisotopic (exact) mass is 432 g/mol. The number of benzene rings is 1. The predicted octanol–water partition coefficient (Wildman–Crippen LogP) is 3.18. The van der Waals surface area contributed by atoms with Gasteiger partial charge in [-0.2, -0.15) is 0 Å². The van der Waals surface area contributed by atoms with Crippen LogP contribution in [-0.2, 0) is 6.42 Å². The lowest BCUT2D eigenvalue weighted by molar-refractivity contribution is 0.428. The molecule has 0 aliphatic heterocycles. The van der Waals surface area contributed by atoms with Gasteiger partial charge in [0.15, 0.2) is 5.96 Å². The fourth-order valence-electron chi connectivity index (χ4n) is 2.08. The van der Waals surface area contributed by atoms with E-state index in [1.54, 1.807) is 0 Å². The molecule has 0 saturated heterocycles. The van der Waals surface area contributed by atoms with Crippen molar-refractivity contribution in [3.63, 3.8) is 0 Å². The predicted molar refractivity (Wildman–Crippen MR) is 112 cm³/mol. The molecule has 0 amide bonds. The highest BCUT2D eigenvalue weighted by Gasteiger charge is 2.07. The highest BCUT2D eigenvalue weighted by molar-refractivity contribution is 14.0. The molecule has 0 atom stereocenters. The zero-order valence-electron chi connectivity index (χ0n) is 15.0. The summed E-state index contributed by atoms with van der Waals surface area (Å²) in [6.07, 6.45) is 2.15. The standard InChI is InChI=1S/C18H32N4.HI/c1-5-19-17(21-14-15-22-18(2,3)4)20-13-9-12-16-10-7-6-8-11-16;/h6-8,10-11,22H,5,9,12-15H2,1-4H3,(H2,19,20,21);1H. The fraction of sp³-hybridized carbons (Fsp3) is 0.611. The third kappa shape index (κ3) is 12.3. The summed E-state index contributed by atoms with van der Waals surface area (Å²) in [6.45, 7) is 12.2. The minimum atomic E-state index is 0. The Kier molecular flexibility index (Phi) is 12.1. The molecule has 0 radical (unpaired) electrons. The van der Waals surface area contributed by atoms with Crippen LogP contribution in [0, 0.1) is 0 Å². The molecule has 5 heteroatoms. The van der Waals surface area contributed by atoms with Crippen LogP contribution in [0.3, 0.4) is 0 Å². The molecule has 1 aromatic carbocycles. The van der Waals surface area contributed by atoms with Crippen molar-refractivity contribution in [3.05, 3.63) is 35.9 Å². The Hall–Kier alpha value is -0.820. The molecule has 0 spiro atoms. The smallest absolute Gasteiger partial charge is 0.191 e. The highest BCUT2D eigenvalue weighted by Crippen LogP contribution is 2.02. The van der Waals surface area contributed by atoms with Gasteiger partial charge in [-0.25, -0.2) is 0 Å². The molecule has 0 heterocycles. The van der Waals surface area contributed by atoms with Gasteiger partial charge < -0.3 is 16.0 Å². The van der Waals surface area contributed by atoms with E-state index in [-0.39, 0.29) is 29.5 Å². The maximum absolute atomic E-state index is 4.63. The van der Waals surface area contributed by atoms with Gasteiger partial charge in [-0.1, -0.05) is 30.3 Å². The fourth-order valence-corrected chi connectivity index (χ4v) is 2.08. The van der Waals surface area contributed by atoms with Crippen molar-refractivity contribution in [3.8, 4) is 0 Å². The first-order valence-electron chi connectivity index (χ1n) is 8.32. The molecule has 0 unspecified atom stereocenters. The lowest BCUT2D eigenvalue weighted by Crippen LogP contribution is -2.44. The number of rotatable bonds is 8. The molecule has 0 aliphatic rings. The molecule has 23 heavy (non-hydrogen) atoms. The Morgan fingerprint density at radius 1 is 1.04 bits per heavy atom. The van der Waals surface area contributed by atoms with Crippen LogP contribution < -0.4 is 16.0 Å². The molecular formula is C18H33IN4. The molecule has 0 fully saturated rings. The zero-order valence-corrected chi connectivity index (χ0v) is 17.3. The van der Waals surface area contributed by atoms with E-state index in [4.69, 9.17) is 0 Å². The van der Waals surface area contributed by atoms with Gasteiger partial charge in [0.25, 0.3) is 0 Å². The van der Waals surface area contributed by atoms with Crippen LogP contribution in [0.4, 0.5) is 0 Å². The Morgan fingerprint density at radius 2 is 1.74 bits per heavy atom. The van der Waals surface area contributed by atoms with Gasteiger partial charge in [0.1, 0.15) is 0 Å². The number of nitrogens with one attached hydrogen (secondary N) is 3. The summed E-state index contributed by atoms with van der Waals surface area (Å²) in [5, 5.41) is 10.1. The van der Waals surface area contributed by atoms with Crippen LogP contribution in [0.1, 0.15) is 39.7 Å². The van der Waals surface area contributed by atoms with Crippen LogP contribution in [-0.4, -0.2) is 37.7 Å². The van der Waals surface area contributed by atoms with E-state index in [9.17, 15) is 0 Å². The molecule has 132 valence electrons. The second kappa shape index (κ2) is 12.6. The zero-order chi connectivity index (χ0) is 16.3.